The third-order valence-electron chi connectivity index (χ3n) is 3.27. The van der Waals surface area contributed by atoms with Crippen molar-refractivity contribution < 1.29 is 0 Å². The van der Waals surface area contributed by atoms with Crippen LogP contribution < -0.4 is 5.32 Å². The van der Waals surface area contributed by atoms with Gasteiger partial charge in [-0.25, -0.2) is 4.98 Å². The Balaban J connectivity index is 1.81. The van der Waals surface area contributed by atoms with Gasteiger partial charge in [0, 0.05) is 10.9 Å². The van der Waals surface area contributed by atoms with Crippen LogP contribution in [0.4, 0.5) is 0 Å². The van der Waals surface area contributed by atoms with Crippen molar-refractivity contribution in [2.75, 3.05) is 6.54 Å². The van der Waals surface area contributed by atoms with Gasteiger partial charge in [-0.1, -0.05) is 12.2 Å². The number of thiazole rings is 1. The zero-order valence-corrected chi connectivity index (χ0v) is 10.9. The van der Waals surface area contributed by atoms with E-state index in [2.05, 4.69) is 36.3 Å². The molecule has 0 aliphatic heterocycles. The molecule has 0 fully saturated rings. The number of aryl methyl sites for hydroxylation is 1. The number of nitrogens with zero attached hydrogens (tertiary/aromatic N) is 1. The second-order valence-corrected chi connectivity index (χ2v) is 5.47. The molecule has 16 heavy (non-hydrogen) atoms. The first kappa shape index (κ1) is 11.8. The second kappa shape index (κ2) is 5.60. The largest absolute Gasteiger partial charge is 0.309 e. The monoisotopic (exact) mass is 236 g/mol. The first-order chi connectivity index (χ1) is 7.77. The number of nitrogens with one attached hydrogen (secondary N) is 1. The zero-order valence-electron chi connectivity index (χ0n) is 10.1. The fourth-order valence-corrected chi connectivity index (χ4v) is 3.04. The minimum Gasteiger partial charge on any atom is -0.309 e. The minimum absolute atomic E-state index is 0.443. The van der Waals surface area contributed by atoms with Crippen molar-refractivity contribution in [3.05, 3.63) is 28.2 Å². The molecule has 0 saturated heterocycles. The average molecular weight is 236 g/mol. The predicted octanol–water partition coefficient (Wildman–Crippen LogP) is 3.46. The number of aromatic nitrogens is 1. The maximum absolute atomic E-state index is 4.30. The normalized spacial score (nSPS) is 22.2. The van der Waals surface area contributed by atoms with E-state index in [-0.39, 0.29) is 0 Å². The summed E-state index contributed by atoms with van der Waals surface area (Å²) < 4.78 is 0. The summed E-state index contributed by atoms with van der Waals surface area (Å²) in [6, 6.07) is 0.443. The van der Waals surface area contributed by atoms with E-state index in [0.717, 1.165) is 12.5 Å². The summed E-state index contributed by atoms with van der Waals surface area (Å²) in [6.07, 6.45) is 8.44. The third-order valence-corrected chi connectivity index (χ3v) is 4.38. The summed E-state index contributed by atoms with van der Waals surface area (Å²) in [5.74, 6) is 0.820. The van der Waals surface area contributed by atoms with Crippen LogP contribution in [0.1, 0.15) is 42.8 Å². The van der Waals surface area contributed by atoms with Crippen LogP contribution in [-0.4, -0.2) is 11.5 Å². The molecule has 3 heteroatoms. The number of hydrogen-bond acceptors (Lipinski definition) is 3. The van der Waals surface area contributed by atoms with Crippen molar-refractivity contribution >= 4 is 11.3 Å². The highest BCUT2D eigenvalue weighted by atomic mass is 32.1. The molecular weight excluding hydrogens is 216 g/mol. The summed E-state index contributed by atoms with van der Waals surface area (Å²) in [5.41, 5.74) is 3.11. The van der Waals surface area contributed by atoms with E-state index in [1.165, 1.54) is 29.8 Å². The molecule has 0 spiro atoms. The van der Waals surface area contributed by atoms with E-state index in [9.17, 15) is 0 Å². The van der Waals surface area contributed by atoms with Crippen LogP contribution in [0.5, 0.6) is 0 Å². The second-order valence-electron chi connectivity index (χ2n) is 4.58. The molecule has 1 aromatic rings. The van der Waals surface area contributed by atoms with Gasteiger partial charge in [-0.2, -0.15) is 0 Å². The van der Waals surface area contributed by atoms with Crippen LogP contribution in [0.3, 0.4) is 0 Å². The molecule has 1 N–H and O–H groups in total. The van der Waals surface area contributed by atoms with Crippen LogP contribution in [0.25, 0.3) is 0 Å². The molecule has 1 aliphatic rings. The van der Waals surface area contributed by atoms with Gasteiger partial charge in [0.05, 0.1) is 11.2 Å². The van der Waals surface area contributed by atoms with Gasteiger partial charge in [-0.15, -0.1) is 11.3 Å². The lowest BCUT2D eigenvalue weighted by molar-refractivity contribution is 0.417. The maximum atomic E-state index is 4.30. The predicted molar refractivity (Wildman–Crippen MR) is 69.7 cm³/mol. The lowest BCUT2D eigenvalue weighted by atomic mass is 9.94. The highest BCUT2D eigenvalue weighted by Crippen LogP contribution is 2.23. The lowest BCUT2D eigenvalue weighted by Gasteiger charge is -2.21. The summed E-state index contributed by atoms with van der Waals surface area (Å²) in [4.78, 5) is 5.68. The van der Waals surface area contributed by atoms with Crippen LogP contribution >= 0.6 is 11.3 Å². The fourth-order valence-electron chi connectivity index (χ4n) is 2.20. The zero-order chi connectivity index (χ0) is 11.4. The van der Waals surface area contributed by atoms with Gasteiger partial charge in [-0.05, 0) is 45.6 Å². The van der Waals surface area contributed by atoms with E-state index in [1.807, 2.05) is 5.51 Å². The molecule has 0 bridgehead atoms. The maximum Gasteiger partial charge on any atom is 0.0798 e. The van der Waals surface area contributed by atoms with Gasteiger partial charge in [0.15, 0.2) is 0 Å². The molecule has 0 aromatic carbocycles. The molecule has 2 rings (SSSR count). The standard InChI is InChI=1S/C13H20N2S/c1-10(13-11(2)15-9-16-13)14-8-12-6-4-3-5-7-12/h3-4,9-10,12,14H,5-8H2,1-2H3. The quantitative estimate of drug-likeness (QED) is 0.810. The van der Waals surface area contributed by atoms with Gasteiger partial charge in [0.1, 0.15) is 0 Å². The van der Waals surface area contributed by atoms with Gasteiger partial charge < -0.3 is 5.32 Å². The van der Waals surface area contributed by atoms with Crippen molar-refractivity contribution in [1.82, 2.24) is 10.3 Å². The SMILES string of the molecule is Cc1ncsc1C(C)NCC1CC=CCC1. The number of allylic oxidation sites excluding steroid dienone is 2. The van der Waals surface area contributed by atoms with E-state index < -0.39 is 0 Å². The Labute approximate surface area is 102 Å². The average Bonchev–Trinajstić information content (AvgIpc) is 2.74. The molecule has 1 aliphatic carbocycles. The Hall–Kier alpha value is -0.670. The van der Waals surface area contributed by atoms with Crippen molar-refractivity contribution in [3.8, 4) is 0 Å². The molecule has 0 radical (unpaired) electrons. The highest BCUT2D eigenvalue weighted by molar-refractivity contribution is 7.09. The Morgan fingerprint density at radius 1 is 1.56 bits per heavy atom. The highest BCUT2D eigenvalue weighted by Gasteiger charge is 2.14. The molecular formula is C13H20N2S. The lowest BCUT2D eigenvalue weighted by Crippen LogP contribution is -2.26. The van der Waals surface area contributed by atoms with Gasteiger partial charge in [0.2, 0.25) is 0 Å². The first-order valence-corrected chi connectivity index (χ1v) is 6.93. The molecule has 1 aromatic heterocycles. The van der Waals surface area contributed by atoms with E-state index in [1.54, 1.807) is 11.3 Å². The smallest absolute Gasteiger partial charge is 0.0798 e. The number of rotatable bonds is 4. The van der Waals surface area contributed by atoms with Crippen LogP contribution in [-0.2, 0) is 0 Å². The van der Waals surface area contributed by atoms with E-state index in [0.29, 0.717) is 6.04 Å². The Morgan fingerprint density at radius 3 is 3.06 bits per heavy atom. The van der Waals surface area contributed by atoms with E-state index >= 15 is 0 Å². The molecule has 0 amide bonds. The van der Waals surface area contributed by atoms with Crippen LogP contribution in [0.2, 0.25) is 0 Å². The van der Waals surface area contributed by atoms with Crippen molar-refractivity contribution in [3.63, 3.8) is 0 Å². The molecule has 0 saturated carbocycles. The summed E-state index contributed by atoms with van der Waals surface area (Å²) in [6.45, 7) is 5.45. The minimum atomic E-state index is 0.443. The molecule has 1 heterocycles. The topological polar surface area (TPSA) is 24.9 Å². The van der Waals surface area contributed by atoms with Gasteiger partial charge in [0.25, 0.3) is 0 Å². The van der Waals surface area contributed by atoms with E-state index in [4.69, 9.17) is 0 Å². The van der Waals surface area contributed by atoms with Gasteiger partial charge in [-0.3, -0.25) is 0 Å². The third kappa shape index (κ3) is 2.92. The molecule has 2 unspecified atom stereocenters. The molecule has 2 nitrogen and oxygen atoms in total. The van der Waals surface area contributed by atoms with Crippen LogP contribution in [0.15, 0.2) is 17.7 Å². The van der Waals surface area contributed by atoms with Crippen LogP contribution in [0, 0.1) is 12.8 Å². The summed E-state index contributed by atoms with van der Waals surface area (Å²) >= 11 is 1.76. The Kier molecular flexibility index (Phi) is 4.13. The van der Waals surface area contributed by atoms with Crippen molar-refractivity contribution in [2.24, 2.45) is 5.92 Å². The molecule has 88 valence electrons. The van der Waals surface area contributed by atoms with Crippen molar-refractivity contribution in [2.45, 2.75) is 39.2 Å². The number of hydrogen-bond donors (Lipinski definition) is 1. The summed E-state index contributed by atoms with van der Waals surface area (Å²) in [5, 5.41) is 3.63. The molecule has 2 atom stereocenters. The fraction of sp³-hybridized carbons (Fsp3) is 0.615. The van der Waals surface area contributed by atoms with Crippen molar-refractivity contribution in [1.29, 1.82) is 0 Å². The Morgan fingerprint density at radius 2 is 2.44 bits per heavy atom. The first-order valence-electron chi connectivity index (χ1n) is 6.05. The van der Waals surface area contributed by atoms with Gasteiger partial charge >= 0.3 is 0 Å². The summed E-state index contributed by atoms with van der Waals surface area (Å²) in [7, 11) is 0. The Bertz CT molecular complexity index is 357.